The molecule has 0 bridgehead atoms. The summed E-state index contributed by atoms with van der Waals surface area (Å²) in [6, 6.07) is 9.54. The van der Waals surface area contributed by atoms with Crippen molar-refractivity contribution in [2.75, 3.05) is 19.6 Å². The topological polar surface area (TPSA) is 59.0 Å². The molecule has 1 fully saturated rings. The smallest absolute Gasteiger partial charge is 0.261 e. The van der Waals surface area contributed by atoms with Crippen LogP contribution in [0.3, 0.4) is 0 Å². The van der Waals surface area contributed by atoms with Gasteiger partial charge in [0.25, 0.3) is 5.91 Å². The summed E-state index contributed by atoms with van der Waals surface area (Å²) in [5, 5.41) is 12.7. The van der Waals surface area contributed by atoms with Crippen molar-refractivity contribution in [3.8, 4) is 5.69 Å². The number of hydrogen-bond acceptors (Lipinski definition) is 4. The van der Waals surface area contributed by atoms with E-state index in [0.29, 0.717) is 15.8 Å². The van der Waals surface area contributed by atoms with Gasteiger partial charge in [-0.05, 0) is 57.0 Å². The average Bonchev–Trinajstić information content (AvgIpc) is 3.22. The minimum absolute atomic E-state index is 0. The molecule has 1 atom stereocenters. The van der Waals surface area contributed by atoms with Gasteiger partial charge in [0, 0.05) is 11.9 Å². The Bertz CT molecular complexity index is 946. The molecular formula is C19H22Cl2N4OS. The largest absolute Gasteiger partial charge is 0.351 e. The van der Waals surface area contributed by atoms with Crippen LogP contribution in [0.15, 0.2) is 30.3 Å². The lowest BCUT2D eigenvalue weighted by molar-refractivity contribution is 0.0949. The fourth-order valence-electron chi connectivity index (χ4n) is 3.37. The number of amides is 1. The molecule has 3 heterocycles. The maximum Gasteiger partial charge on any atom is 0.261 e. The van der Waals surface area contributed by atoms with E-state index in [2.05, 4.69) is 15.7 Å². The van der Waals surface area contributed by atoms with Crippen molar-refractivity contribution in [1.29, 1.82) is 0 Å². The highest BCUT2D eigenvalue weighted by Crippen LogP contribution is 2.32. The molecule has 1 saturated heterocycles. The number of aromatic nitrogens is 2. The second-order valence-corrected chi connectivity index (χ2v) is 8.14. The van der Waals surface area contributed by atoms with Crippen LogP contribution in [-0.2, 0) is 0 Å². The summed E-state index contributed by atoms with van der Waals surface area (Å²) in [6.07, 6.45) is 2.34. The molecular weight excluding hydrogens is 403 g/mol. The highest BCUT2D eigenvalue weighted by Gasteiger charge is 2.19. The van der Waals surface area contributed by atoms with Crippen LogP contribution in [0.2, 0.25) is 5.02 Å². The Hall–Kier alpha value is -1.60. The van der Waals surface area contributed by atoms with E-state index in [9.17, 15) is 4.79 Å². The van der Waals surface area contributed by atoms with E-state index in [4.69, 9.17) is 11.6 Å². The minimum Gasteiger partial charge on any atom is -0.351 e. The first-order chi connectivity index (χ1) is 12.6. The number of fused-ring (bicyclic) bond motifs is 1. The fourth-order valence-corrected chi connectivity index (χ4v) is 4.68. The van der Waals surface area contributed by atoms with E-state index in [1.807, 2.05) is 41.9 Å². The molecule has 4 rings (SSSR count). The maximum atomic E-state index is 12.6. The molecule has 5 nitrogen and oxygen atoms in total. The van der Waals surface area contributed by atoms with Gasteiger partial charge in [0.2, 0.25) is 0 Å². The molecule has 144 valence electrons. The summed E-state index contributed by atoms with van der Waals surface area (Å²) in [4.78, 5) is 14.3. The molecule has 0 aliphatic carbocycles. The Labute approximate surface area is 173 Å². The summed E-state index contributed by atoms with van der Waals surface area (Å²) in [6.45, 7) is 4.74. The van der Waals surface area contributed by atoms with E-state index < -0.39 is 0 Å². The Morgan fingerprint density at radius 2 is 2.26 bits per heavy atom. The van der Waals surface area contributed by atoms with Gasteiger partial charge in [0.05, 0.1) is 21.3 Å². The van der Waals surface area contributed by atoms with Gasteiger partial charge in [-0.15, -0.1) is 23.7 Å². The molecule has 0 radical (unpaired) electrons. The van der Waals surface area contributed by atoms with Crippen molar-refractivity contribution in [3.05, 3.63) is 45.9 Å². The Morgan fingerprint density at radius 3 is 3.00 bits per heavy atom. The number of carbonyl (C=O) groups excluding carboxylic acids is 1. The predicted molar refractivity (Wildman–Crippen MR) is 114 cm³/mol. The Balaban J connectivity index is 0.00000210. The first kappa shape index (κ1) is 20.1. The van der Waals surface area contributed by atoms with Gasteiger partial charge in [0.1, 0.15) is 4.83 Å². The number of halogens is 2. The maximum absolute atomic E-state index is 12.6. The first-order valence-corrected chi connectivity index (χ1v) is 10.1. The lowest BCUT2D eigenvalue weighted by atomic mass is 10.00. The van der Waals surface area contributed by atoms with E-state index in [-0.39, 0.29) is 18.3 Å². The molecule has 0 spiro atoms. The third-order valence-corrected chi connectivity index (χ3v) is 6.23. The van der Waals surface area contributed by atoms with Crippen LogP contribution in [-0.4, -0.2) is 35.3 Å². The summed E-state index contributed by atoms with van der Waals surface area (Å²) < 4.78 is 1.83. The number of piperidine rings is 1. The van der Waals surface area contributed by atoms with Crippen molar-refractivity contribution < 1.29 is 4.79 Å². The fraction of sp³-hybridized carbons (Fsp3) is 0.368. The number of para-hydroxylation sites is 1. The highest BCUT2D eigenvalue weighted by molar-refractivity contribution is 7.20. The van der Waals surface area contributed by atoms with Crippen molar-refractivity contribution >= 4 is 51.5 Å². The van der Waals surface area contributed by atoms with Gasteiger partial charge in [-0.25, -0.2) is 4.68 Å². The van der Waals surface area contributed by atoms with Crippen LogP contribution >= 0.6 is 35.3 Å². The van der Waals surface area contributed by atoms with Gasteiger partial charge in [-0.1, -0.05) is 23.7 Å². The van der Waals surface area contributed by atoms with Crippen molar-refractivity contribution in [2.45, 2.75) is 19.8 Å². The first-order valence-electron chi connectivity index (χ1n) is 8.86. The second-order valence-electron chi connectivity index (χ2n) is 6.70. The SMILES string of the molecule is Cc1nn(-c2ccccc2Cl)c2sc(C(=O)NCC3CCCNC3)cc12.Cl. The van der Waals surface area contributed by atoms with Gasteiger partial charge in [-0.2, -0.15) is 5.10 Å². The monoisotopic (exact) mass is 424 g/mol. The van der Waals surface area contributed by atoms with Gasteiger partial charge in [0.15, 0.2) is 0 Å². The van der Waals surface area contributed by atoms with E-state index >= 15 is 0 Å². The summed E-state index contributed by atoms with van der Waals surface area (Å²) in [5.41, 5.74) is 1.72. The van der Waals surface area contributed by atoms with Crippen LogP contribution < -0.4 is 10.6 Å². The molecule has 1 amide bonds. The molecule has 27 heavy (non-hydrogen) atoms. The molecule has 1 unspecified atom stereocenters. The van der Waals surface area contributed by atoms with E-state index in [0.717, 1.165) is 41.2 Å². The minimum atomic E-state index is -0.0121. The number of hydrogen-bond donors (Lipinski definition) is 2. The normalized spacial score (nSPS) is 16.9. The molecule has 3 aromatic rings. The molecule has 0 saturated carbocycles. The summed E-state index contributed by atoms with van der Waals surface area (Å²) in [7, 11) is 0. The standard InChI is InChI=1S/C19H21ClN4OS.ClH/c1-12-14-9-17(18(25)22-11-13-5-4-8-21-10-13)26-19(14)24(23-12)16-7-3-2-6-15(16)20;/h2-3,6-7,9,13,21H,4-5,8,10-11H2,1H3,(H,22,25);1H. The van der Waals surface area contributed by atoms with Gasteiger partial charge >= 0.3 is 0 Å². The predicted octanol–water partition coefficient (Wildman–Crippen LogP) is 4.20. The van der Waals surface area contributed by atoms with Crippen molar-refractivity contribution in [2.24, 2.45) is 5.92 Å². The number of aryl methyl sites for hydroxylation is 1. The number of nitrogens with zero attached hydrogens (tertiary/aromatic N) is 2. The molecule has 2 aromatic heterocycles. The van der Waals surface area contributed by atoms with Crippen LogP contribution in [0.4, 0.5) is 0 Å². The second kappa shape index (κ2) is 8.61. The molecule has 1 aromatic carbocycles. The van der Waals surface area contributed by atoms with E-state index in [1.54, 1.807) is 0 Å². The molecule has 1 aliphatic rings. The highest BCUT2D eigenvalue weighted by atomic mass is 35.5. The van der Waals surface area contributed by atoms with Crippen LogP contribution in [0, 0.1) is 12.8 Å². The average molecular weight is 425 g/mol. The number of benzene rings is 1. The number of nitrogens with one attached hydrogen (secondary N) is 2. The lowest BCUT2D eigenvalue weighted by Crippen LogP contribution is -2.37. The van der Waals surface area contributed by atoms with E-state index in [1.165, 1.54) is 24.2 Å². The number of carbonyl (C=O) groups is 1. The third kappa shape index (κ3) is 4.14. The Kier molecular flexibility index (Phi) is 6.42. The van der Waals surface area contributed by atoms with Gasteiger partial charge in [-0.3, -0.25) is 4.79 Å². The summed E-state index contributed by atoms with van der Waals surface area (Å²) in [5.74, 6) is 0.504. The van der Waals surface area contributed by atoms with Gasteiger partial charge < -0.3 is 10.6 Å². The zero-order valence-corrected chi connectivity index (χ0v) is 17.4. The quantitative estimate of drug-likeness (QED) is 0.659. The Morgan fingerprint density at radius 1 is 1.44 bits per heavy atom. The zero-order chi connectivity index (χ0) is 18.1. The zero-order valence-electron chi connectivity index (χ0n) is 15.0. The van der Waals surface area contributed by atoms with Crippen LogP contribution in [0.5, 0.6) is 0 Å². The summed E-state index contributed by atoms with van der Waals surface area (Å²) >= 11 is 7.79. The van der Waals surface area contributed by atoms with Crippen molar-refractivity contribution in [3.63, 3.8) is 0 Å². The third-order valence-electron chi connectivity index (χ3n) is 4.80. The van der Waals surface area contributed by atoms with Crippen LogP contribution in [0.1, 0.15) is 28.2 Å². The van der Waals surface area contributed by atoms with Crippen molar-refractivity contribution in [1.82, 2.24) is 20.4 Å². The number of rotatable bonds is 4. The van der Waals surface area contributed by atoms with Crippen LogP contribution in [0.25, 0.3) is 15.9 Å². The molecule has 1 aliphatic heterocycles. The lowest BCUT2D eigenvalue weighted by Gasteiger charge is -2.22. The number of thiophene rings is 1. The molecule has 8 heteroatoms. The molecule has 2 N–H and O–H groups in total.